The van der Waals surface area contributed by atoms with Gasteiger partial charge < -0.3 is 4.74 Å². The summed E-state index contributed by atoms with van der Waals surface area (Å²) in [6.07, 6.45) is 0. The maximum Gasteiger partial charge on any atom is 0.193 e. The van der Waals surface area contributed by atoms with Crippen molar-refractivity contribution in [3.05, 3.63) is 95.1 Å². The third-order valence-corrected chi connectivity index (χ3v) is 3.47. The number of carbonyl (C=O) groups excluding carboxylic acids is 1. The molecule has 0 atom stereocenters. The fourth-order valence-electron chi connectivity index (χ4n) is 2.34. The van der Waals surface area contributed by atoms with Gasteiger partial charge in [0.25, 0.3) is 0 Å². The van der Waals surface area contributed by atoms with Crippen molar-refractivity contribution in [1.29, 1.82) is 0 Å². The van der Waals surface area contributed by atoms with Crippen molar-refractivity contribution in [2.75, 3.05) is 0 Å². The van der Waals surface area contributed by atoms with Crippen molar-refractivity contribution in [2.24, 2.45) is 0 Å². The molecule has 3 rings (SSSR count). The van der Waals surface area contributed by atoms with Gasteiger partial charge in [0.1, 0.15) is 23.1 Å². The highest BCUT2D eigenvalue weighted by atomic mass is 19.1. The third kappa shape index (κ3) is 3.66. The summed E-state index contributed by atoms with van der Waals surface area (Å²) in [5.41, 5.74) is 1.38. The lowest BCUT2D eigenvalue weighted by Crippen LogP contribution is -2.02. The fraction of sp³-hybridized carbons (Fsp3) is 0.0500. The van der Waals surface area contributed by atoms with Crippen molar-refractivity contribution in [3.63, 3.8) is 0 Å². The number of halogens is 2. The summed E-state index contributed by atoms with van der Waals surface area (Å²) in [7, 11) is 0. The highest BCUT2D eigenvalue weighted by Crippen LogP contribution is 2.23. The van der Waals surface area contributed by atoms with Crippen molar-refractivity contribution in [1.82, 2.24) is 0 Å². The van der Waals surface area contributed by atoms with Gasteiger partial charge in [-0.2, -0.15) is 0 Å². The van der Waals surface area contributed by atoms with Gasteiger partial charge in [-0.1, -0.05) is 12.1 Å². The van der Waals surface area contributed by atoms with Crippen LogP contribution in [0.15, 0.2) is 66.7 Å². The molecule has 0 aliphatic heterocycles. The molecule has 0 radical (unpaired) electrons. The van der Waals surface area contributed by atoms with E-state index < -0.39 is 17.4 Å². The van der Waals surface area contributed by atoms with Crippen LogP contribution in [0.4, 0.5) is 8.78 Å². The number of aryl methyl sites for hydroxylation is 1. The Morgan fingerprint density at radius 3 is 2.08 bits per heavy atom. The van der Waals surface area contributed by atoms with Crippen molar-refractivity contribution < 1.29 is 18.3 Å². The predicted molar refractivity (Wildman–Crippen MR) is 87.5 cm³/mol. The Hall–Kier alpha value is -3.01. The first-order chi connectivity index (χ1) is 11.5. The van der Waals surface area contributed by atoms with Crippen LogP contribution in [0.2, 0.25) is 0 Å². The lowest BCUT2D eigenvalue weighted by Gasteiger charge is -2.07. The summed E-state index contributed by atoms with van der Waals surface area (Å²) >= 11 is 0. The zero-order valence-corrected chi connectivity index (χ0v) is 12.9. The van der Waals surface area contributed by atoms with Crippen LogP contribution < -0.4 is 4.74 Å². The van der Waals surface area contributed by atoms with Gasteiger partial charge >= 0.3 is 0 Å². The van der Waals surface area contributed by atoms with Crippen LogP contribution in [0, 0.1) is 18.6 Å². The molecule has 0 N–H and O–H groups in total. The van der Waals surface area contributed by atoms with Crippen LogP contribution in [0.1, 0.15) is 21.5 Å². The highest BCUT2D eigenvalue weighted by molar-refractivity contribution is 6.09. The molecule has 0 bridgehead atoms. The molecule has 4 heteroatoms. The van der Waals surface area contributed by atoms with Gasteiger partial charge in [0.05, 0.1) is 0 Å². The van der Waals surface area contributed by atoms with E-state index in [1.54, 1.807) is 24.3 Å². The second kappa shape index (κ2) is 6.62. The van der Waals surface area contributed by atoms with Gasteiger partial charge in [0.2, 0.25) is 0 Å². The lowest BCUT2D eigenvalue weighted by atomic mass is 10.0. The van der Waals surface area contributed by atoms with Gasteiger partial charge in [-0.05, 0) is 61.0 Å². The summed E-state index contributed by atoms with van der Waals surface area (Å²) in [6, 6.07) is 16.8. The highest BCUT2D eigenvalue weighted by Gasteiger charge is 2.12. The molecule has 0 spiro atoms. The normalized spacial score (nSPS) is 10.5. The predicted octanol–water partition coefficient (Wildman–Crippen LogP) is 5.30. The number of ketones is 1. The van der Waals surface area contributed by atoms with Crippen molar-refractivity contribution >= 4 is 5.78 Å². The van der Waals surface area contributed by atoms with E-state index in [2.05, 4.69) is 0 Å². The van der Waals surface area contributed by atoms with E-state index >= 15 is 0 Å². The molecule has 2 nitrogen and oxygen atoms in total. The average molecular weight is 324 g/mol. The first-order valence-electron chi connectivity index (χ1n) is 7.37. The number of hydrogen-bond acceptors (Lipinski definition) is 2. The monoisotopic (exact) mass is 324 g/mol. The van der Waals surface area contributed by atoms with Crippen molar-refractivity contribution in [3.8, 4) is 11.5 Å². The van der Waals surface area contributed by atoms with Crippen LogP contribution in [0.25, 0.3) is 0 Å². The zero-order chi connectivity index (χ0) is 17.1. The first-order valence-corrected chi connectivity index (χ1v) is 7.37. The summed E-state index contributed by atoms with van der Waals surface area (Å²) < 4.78 is 32.2. The second-order valence-electron chi connectivity index (χ2n) is 5.43. The van der Waals surface area contributed by atoms with Crippen LogP contribution in [-0.4, -0.2) is 5.78 Å². The Balaban J connectivity index is 1.80. The average Bonchev–Trinajstić information content (AvgIpc) is 2.54. The SMILES string of the molecule is Cc1cccc(Oc2ccc(C(=O)c3cc(F)cc(F)c3)cc2)c1. The molecule has 0 amide bonds. The second-order valence-corrected chi connectivity index (χ2v) is 5.43. The molecule has 0 aromatic heterocycles. The molecule has 24 heavy (non-hydrogen) atoms. The summed E-state index contributed by atoms with van der Waals surface area (Å²) in [5, 5.41) is 0. The fourth-order valence-corrected chi connectivity index (χ4v) is 2.34. The van der Waals surface area contributed by atoms with Gasteiger partial charge in [-0.15, -0.1) is 0 Å². The van der Waals surface area contributed by atoms with Gasteiger partial charge in [-0.25, -0.2) is 8.78 Å². The maximum absolute atomic E-state index is 13.2. The summed E-state index contributed by atoms with van der Waals surface area (Å²) in [5.74, 6) is -0.741. The van der Waals surface area contributed by atoms with E-state index in [0.717, 1.165) is 23.8 Å². The first kappa shape index (κ1) is 15.9. The Bertz CT molecular complexity index is 866. The minimum atomic E-state index is -0.780. The molecular formula is C20H14F2O2. The smallest absolute Gasteiger partial charge is 0.193 e. The molecule has 3 aromatic rings. The quantitative estimate of drug-likeness (QED) is 0.609. The largest absolute Gasteiger partial charge is 0.457 e. The maximum atomic E-state index is 13.2. The molecule has 0 heterocycles. The minimum Gasteiger partial charge on any atom is -0.457 e. The van der Waals surface area contributed by atoms with E-state index in [9.17, 15) is 13.6 Å². The van der Waals surface area contributed by atoms with Gasteiger partial charge in [0, 0.05) is 17.2 Å². The van der Waals surface area contributed by atoms with Gasteiger partial charge in [-0.3, -0.25) is 4.79 Å². The topological polar surface area (TPSA) is 26.3 Å². The van der Waals surface area contributed by atoms with Crippen LogP contribution >= 0.6 is 0 Å². The van der Waals surface area contributed by atoms with E-state index in [4.69, 9.17) is 4.74 Å². The van der Waals surface area contributed by atoms with E-state index in [1.807, 2.05) is 31.2 Å². The third-order valence-electron chi connectivity index (χ3n) is 3.47. The number of hydrogen-bond donors (Lipinski definition) is 0. The molecule has 3 aromatic carbocycles. The summed E-state index contributed by atoms with van der Waals surface area (Å²) in [6.45, 7) is 1.97. The summed E-state index contributed by atoms with van der Waals surface area (Å²) in [4.78, 5) is 12.3. The van der Waals surface area contributed by atoms with E-state index in [0.29, 0.717) is 17.1 Å². The number of ether oxygens (including phenoxy) is 1. The van der Waals surface area contributed by atoms with E-state index in [-0.39, 0.29) is 5.56 Å². The minimum absolute atomic E-state index is 0.0279. The van der Waals surface area contributed by atoms with Crippen LogP contribution in [0.3, 0.4) is 0 Å². The van der Waals surface area contributed by atoms with Gasteiger partial charge in [0.15, 0.2) is 5.78 Å². The molecule has 120 valence electrons. The molecule has 0 aliphatic rings. The van der Waals surface area contributed by atoms with Crippen LogP contribution in [0.5, 0.6) is 11.5 Å². The molecular weight excluding hydrogens is 310 g/mol. The Morgan fingerprint density at radius 2 is 1.46 bits per heavy atom. The number of rotatable bonds is 4. The molecule has 0 unspecified atom stereocenters. The Kier molecular flexibility index (Phi) is 4.38. The number of carbonyl (C=O) groups is 1. The molecule has 0 saturated carbocycles. The van der Waals surface area contributed by atoms with E-state index in [1.165, 1.54) is 0 Å². The molecule has 0 fully saturated rings. The lowest BCUT2D eigenvalue weighted by molar-refractivity contribution is 0.103. The zero-order valence-electron chi connectivity index (χ0n) is 12.9. The standard InChI is InChI=1S/C20H14F2O2/c1-13-3-2-4-19(9-13)24-18-7-5-14(6-8-18)20(23)15-10-16(21)12-17(22)11-15/h2-12H,1H3. The molecule has 0 saturated heterocycles. The molecule has 0 aliphatic carbocycles. The van der Waals surface area contributed by atoms with Crippen molar-refractivity contribution in [2.45, 2.75) is 6.92 Å². The Labute approximate surface area is 138 Å². The van der Waals surface area contributed by atoms with Crippen LogP contribution in [-0.2, 0) is 0 Å². The number of benzene rings is 3. The Morgan fingerprint density at radius 1 is 0.792 bits per heavy atom.